The topological polar surface area (TPSA) is 0 Å². The van der Waals surface area contributed by atoms with E-state index in [2.05, 4.69) is 112 Å². The summed E-state index contributed by atoms with van der Waals surface area (Å²) in [4.78, 5) is 0. The van der Waals surface area contributed by atoms with E-state index in [-0.39, 0.29) is 0 Å². The summed E-state index contributed by atoms with van der Waals surface area (Å²) in [7, 11) is 0. The third-order valence-corrected chi connectivity index (χ3v) is 10.9. The Morgan fingerprint density at radius 3 is 1.10 bits per heavy atom. The maximum Gasteiger partial charge on any atom is 0.162 e. The molecule has 0 bridgehead atoms. The summed E-state index contributed by atoms with van der Waals surface area (Å²) >= 11 is 23.5. The van der Waals surface area contributed by atoms with Gasteiger partial charge in [-0.15, -0.1) is 0 Å². The predicted molar refractivity (Wildman–Crippen MR) is 71.2 cm³/mol. The molecule has 0 fully saturated rings. The van der Waals surface area contributed by atoms with E-state index in [1.54, 1.807) is 0 Å². The molecule has 0 aromatic carbocycles. The molecule has 0 aromatic heterocycles. The lowest BCUT2D eigenvalue weighted by atomic mass is 10.6. The van der Waals surface area contributed by atoms with Crippen molar-refractivity contribution in [2.75, 3.05) is 0 Å². The Labute approximate surface area is 119 Å². The van der Waals surface area contributed by atoms with Crippen molar-refractivity contribution in [2.24, 2.45) is 0 Å². The van der Waals surface area contributed by atoms with Gasteiger partial charge in [-0.3, -0.25) is 0 Å². The summed E-state index contributed by atoms with van der Waals surface area (Å²) in [5.74, 6) is 0. The molecule has 0 amide bonds. The van der Waals surface area contributed by atoms with Gasteiger partial charge in [0.25, 0.3) is 0 Å². The lowest BCUT2D eigenvalue weighted by Gasteiger charge is -2.30. The fraction of sp³-hybridized carbons (Fsp3) is 0.667. The van der Waals surface area contributed by atoms with Gasteiger partial charge in [0.15, 0.2) is 2.14 Å². The Hall–Kier alpha value is 3.36. The van der Waals surface area contributed by atoms with Gasteiger partial charge in [0, 0.05) is 0 Å². The molecule has 0 N–H and O–H groups in total. The lowest BCUT2D eigenvalue weighted by Crippen LogP contribution is -2.29. The summed E-state index contributed by atoms with van der Waals surface area (Å²) in [5, 5.41) is 0. The highest BCUT2D eigenvalue weighted by atomic mass is 80.0. The summed E-state index contributed by atoms with van der Waals surface area (Å²) in [5.41, 5.74) is 0. The molecule has 0 saturated carbocycles. The summed E-state index contributed by atoms with van der Waals surface area (Å²) in [6, 6.07) is 0. The molecule has 0 aliphatic rings. The third-order valence-electron chi connectivity index (χ3n) is 0.593. The van der Waals surface area contributed by atoms with Crippen molar-refractivity contribution in [1.29, 1.82) is 0 Å². The van der Waals surface area contributed by atoms with E-state index in [1.165, 1.54) is 0 Å². The summed E-state index contributed by atoms with van der Waals surface area (Å²) in [6.45, 7) is 0. The Balaban J connectivity index is 4.40. The summed E-state index contributed by atoms with van der Waals surface area (Å²) in [6.07, 6.45) is 0. The van der Waals surface area contributed by atoms with Gasteiger partial charge in [0.1, 0.15) is 6.97 Å². The van der Waals surface area contributed by atoms with Gasteiger partial charge in [-0.1, -0.05) is 112 Å². The van der Waals surface area contributed by atoms with Crippen molar-refractivity contribution in [1.82, 2.24) is 0 Å². The standard InChI is InChI=1S/C3Br7/c4-1(5)2(6,7)3(8,9)10. The fourth-order valence-corrected chi connectivity index (χ4v) is 2.89. The van der Waals surface area contributed by atoms with Gasteiger partial charge in [0.05, 0.1) is 0 Å². The Kier molecular flexibility index (Phi) is 6.32. The van der Waals surface area contributed by atoms with Crippen molar-refractivity contribution in [3.63, 3.8) is 0 Å². The largest absolute Gasteiger partial charge is 0.162 e. The first kappa shape index (κ1) is 13.4. The monoisotopic (exact) mass is 588 g/mol. The number of halogens is 7. The van der Waals surface area contributed by atoms with Crippen LogP contribution in [0.3, 0.4) is 0 Å². The minimum Gasteiger partial charge on any atom is -0.0675 e. The number of hydrogen-bond acceptors (Lipinski definition) is 0. The van der Waals surface area contributed by atoms with Crippen LogP contribution in [-0.4, -0.2) is 5.38 Å². The van der Waals surface area contributed by atoms with Crippen LogP contribution in [0, 0.1) is 3.74 Å². The molecule has 0 atom stereocenters. The third kappa shape index (κ3) is 3.62. The average Bonchev–Trinajstić information content (AvgIpc) is 1.62. The zero-order chi connectivity index (χ0) is 8.58. The van der Waals surface area contributed by atoms with Crippen LogP contribution in [-0.2, 0) is 0 Å². The maximum absolute atomic E-state index is 3.41. The fourth-order valence-electron chi connectivity index (χ4n) is 0.107. The van der Waals surface area contributed by atoms with Crippen molar-refractivity contribution in [3.05, 3.63) is 3.74 Å². The maximum atomic E-state index is 3.41. The van der Waals surface area contributed by atoms with Gasteiger partial charge in [0.2, 0.25) is 0 Å². The van der Waals surface area contributed by atoms with Gasteiger partial charge in [-0.2, -0.15) is 0 Å². The number of hydrogen-bond donors (Lipinski definition) is 0. The number of rotatable bonds is 1. The minimum atomic E-state index is -0.442. The van der Waals surface area contributed by atoms with E-state index in [9.17, 15) is 0 Å². The van der Waals surface area contributed by atoms with Crippen LogP contribution < -0.4 is 0 Å². The molecule has 0 aliphatic carbocycles. The Morgan fingerprint density at radius 1 is 0.800 bits per heavy atom. The molecular formula is C3Br7. The second-order valence-electron chi connectivity index (χ2n) is 1.33. The van der Waals surface area contributed by atoms with E-state index < -0.39 is 5.38 Å². The van der Waals surface area contributed by atoms with Gasteiger partial charge < -0.3 is 0 Å². The normalized spacial score (nSPS) is 14.4. The molecule has 0 saturated heterocycles. The Bertz CT molecular complexity index is 111. The molecule has 0 spiro atoms. The highest BCUT2D eigenvalue weighted by Crippen LogP contribution is 2.60. The van der Waals surface area contributed by atoms with E-state index in [4.69, 9.17) is 0 Å². The molecule has 0 aliphatic heterocycles. The molecule has 0 heterocycles. The zero-order valence-corrected chi connectivity index (χ0v) is 15.2. The molecular weight excluding hydrogens is 595 g/mol. The minimum absolute atomic E-state index is 0.438. The van der Waals surface area contributed by atoms with Crippen molar-refractivity contribution >= 4 is 112 Å². The SMILES string of the molecule is Br[C](Br)C(Br)(Br)C(Br)(Br)Br. The van der Waals surface area contributed by atoms with E-state index in [0.717, 1.165) is 3.74 Å². The molecule has 0 rings (SSSR count). The first-order valence-corrected chi connectivity index (χ1v) is 7.37. The molecule has 0 aromatic rings. The summed E-state index contributed by atoms with van der Waals surface area (Å²) < 4.78 is -0.0480. The highest BCUT2D eigenvalue weighted by Gasteiger charge is 2.47. The van der Waals surface area contributed by atoms with Crippen LogP contribution in [0.1, 0.15) is 0 Å². The quantitative estimate of drug-likeness (QED) is 0.347. The lowest BCUT2D eigenvalue weighted by molar-refractivity contribution is 1.12. The van der Waals surface area contributed by atoms with E-state index >= 15 is 0 Å². The second kappa shape index (κ2) is 4.73. The van der Waals surface area contributed by atoms with E-state index in [0.29, 0.717) is 0 Å². The van der Waals surface area contributed by atoms with Crippen LogP contribution in [0.5, 0.6) is 0 Å². The average molecular weight is 595 g/mol. The van der Waals surface area contributed by atoms with Crippen LogP contribution >= 0.6 is 112 Å². The predicted octanol–water partition coefficient (Wildman–Crippen LogP) is 5.59. The van der Waals surface area contributed by atoms with Crippen molar-refractivity contribution in [3.8, 4) is 0 Å². The van der Waals surface area contributed by atoms with Gasteiger partial charge in [-0.05, 0) is 0 Å². The van der Waals surface area contributed by atoms with Crippen LogP contribution in [0.25, 0.3) is 0 Å². The second-order valence-corrected chi connectivity index (χ2v) is 14.2. The van der Waals surface area contributed by atoms with Gasteiger partial charge >= 0.3 is 0 Å². The van der Waals surface area contributed by atoms with Crippen LogP contribution in [0.2, 0.25) is 0 Å². The number of alkyl halides is 5. The molecule has 0 unspecified atom stereocenters. The Morgan fingerprint density at radius 2 is 1.10 bits per heavy atom. The zero-order valence-electron chi connectivity index (χ0n) is 4.15. The van der Waals surface area contributed by atoms with Crippen molar-refractivity contribution < 1.29 is 0 Å². The van der Waals surface area contributed by atoms with Gasteiger partial charge in [-0.25, -0.2) is 0 Å². The molecule has 10 heavy (non-hydrogen) atoms. The first-order valence-electron chi connectivity index (χ1n) is 1.82. The highest BCUT2D eigenvalue weighted by molar-refractivity contribution is 9.42. The molecule has 61 valence electrons. The van der Waals surface area contributed by atoms with Crippen molar-refractivity contribution in [2.45, 2.75) is 5.38 Å². The first-order chi connectivity index (χ1) is 4.19. The van der Waals surface area contributed by atoms with Crippen LogP contribution in [0.4, 0.5) is 0 Å². The molecule has 7 heteroatoms. The molecule has 1 radical (unpaired) electrons. The van der Waals surface area contributed by atoms with Crippen LogP contribution in [0.15, 0.2) is 0 Å². The smallest absolute Gasteiger partial charge is 0.0675 e. The van der Waals surface area contributed by atoms with E-state index in [1.807, 2.05) is 0 Å². The molecule has 0 nitrogen and oxygen atoms in total.